The first-order valence-corrected chi connectivity index (χ1v) is 9.48. The summed E-state index contributed by atoms with van der Waals surface area (Å²) in [6, 6.07) is 2.70. The van der Waals surface area contributed by atoms with Gasteiger partial charge in [0.15, 0.2) is 0 Å². The van der Waals surface area contributed by atoms with E-state index in [0.717, 1.165) is 31.2 Å². The van der Waals surface area contributed by atoms with Crippen molar-refractivity contribution >= 4 is 23.5 Å². The Morgan fingerprint density at radius 3 is 2.95 bits per heavy atom. The van der Waals surface area contributed by atoms with Crippen molar-refractivity contribution in [3.63, 3.8) is 0 Å². The van der Waals surface area contributed by atoms with Crippen molar-refractivity contribution < 1.29 is 0 Å². The normalized spacial score (nSPS) is 20.1. The molecule has 1 aliphatic rings. The first kappa shape index (κ1) is 15.3. The molecular weight excluding hydrogens is 274 g/mol. The topological polar surface area (TPSA) is 29.9 Å². The summed E-state index contributed by atoms with van der Waals surface area (Å²) in [5, 5.41) is 9.00. The van der Waals surface area contributed by atoms with Crippen LogP contribution in [0.5, 0.6) is 0 Å². The van der Waals surface area contributed by atoms with Crippen molar-refractivity contribution in [1.82, 2.24) is 15.1 Å². The highest BCUT2D eigenvalue weighted by Crippen LogP contribution is 2.23. The fourth-order valence-electron chi connectivity index (χ4n) is 2.35. The zero-order valence-electron chi connectivity index (χ0n) is 12.0. The lowest BCUT2D eigenvalue weighted by molar-refractivity contribution is 0.424. The Balaban J connectivity index is 1.73. The molecule has 0 amide bonds. The molecule has 19 heavy (non-hydrogen) atoms. The molecule has 1 aromatic rings. The third-order valence-corrected chi connectivity index (χ3v) is 6.39. The van der Waals surface area contributed by atoms with E-state index in [9.17, 15) is 0 Å². The van der Waals surface area contributed by atoms with Gasteiger partial charge >= 0.3 is 0 Å². The minimum absolute atomic E-state index is 0.555. The molecule has 108 valence electrons. The largest absolute Gasteiger partial charge is 0.310 e. The smallest absolute Gasteiger partial charge is 0.0762 e. The van der Waals surface area contributed by atoms with E-state index in [1.807, 2.05) is 0 Å². The lowest BCUT2D eigenvalue weighted by Crippen LogP contribution is -2.28. The number of nitrogens with zero attached hydrogens (tertiary/aromatic N) is 2. The average Bonchev–Trinajstić information content (AvgIpc) is 2.90. The van der Waals surface area contributed by atoms with Crippen LogP contribution in [0.4, 0.5) is 0 Å². The monoisotopic (exact) mass is 299 g/mol. The molecule has 1 unspecified atom stereocenters. The van der Waals surface area contributed by atoms with E-state index >= 15 is 0 Å². The first-order chi connectivity index (χ1) is 9.33. The van der Waals surface area contributed by atoms with Gasteiger partial charge in [0.25, 0.3) is 0 Å². The molecule has 5 heteroatoms. The molecule has 1 fully saturated rings. The minimum Gasteiger partial charge on any atom is -0.310 e. The van der Waals surface area contributed by atoms with E-state index in [0.29, 0.717) is 6.04 Å². The molecule has 1 aliphatic heterocycles. The Bertz CT molecular complexity index is 357. The predicted molar refractivity (Wildman–Crippen MR) is 87.1 cm³/mol. The molecule has 0 aliphatic carbocycles. The van der Waals surface area contributed by atoms with Crippen LogP contribution < -0.4 is 5.32 Å². The minimum atomic E-state index is 0.555. The summed E-state index contributed by atoms with van der Waals surface area (Å²) in [5.41, 5.74) is 1.17. The van der Waals surface area contributed by atoms with Gasteiger partial charge in [0.2, 0.25) is 0 Å². The highest BCUT2D eigenvalue weighted by Gasteiger charge is 2.14. The second-order valence-electron chi connectivity index (χ2n) is 4.96. The van der Waals surface area contributed by atoms with E-state index < -0.39 is 0 Å². The highest BCUT2D eigenvalue weighted by atomic mass is 32.2. The predicted octanol–water partition coefficient (Wildman–Crippen LogP) is 3.18. The van der Waals surface area contributed by atoms with Crippen LogP contribution in [-0.2, 0) is 6.54 Å². The maximum absolute atomic E-state index is 4.68. The highest BCUT2D eigenvalue weighted by molar-refractivity contribution is 8.06. The molecule has 2 rings (SSSR count). The molecule has 0 saturated carbocycles. The molecule has 0 radical (unpaired) electrons. The summed E-state index contributed by atoms with van der Waals surface area (Å²) in [5.74, 6) is 3.92. The van der Waals surface area contributed by atoms with Gasteiger partial charge in [0.05, 0.1) is 11.7 Å². The molecule has 1 saturated heterocycles. The van der Waals surface area contributed by atoms with Crippen molar-refractivity contribution in [1.29, 1.82) is 0 Å². The average molecular weight is 300 g/mol. The molecule has 1 atom stereocenters. The lowest BCUT2D eigenvalue weighted by Gasteiger charge is -2.20. The molecular formula is C14H25N3S2. The standard InChI is InChI=1S/C14H25N3S2/c1-3-13(4-2)17-6-5-12(16-17)9-15-10-14-11-18-7-8-19-14/h5-6,13-15H,3-4,7-11H2,1-2H3. The quantitative estimate of drug-likeness (QED) is 0.837. The molecule has 1 aromatic heterocycles. The van der Waals surface area contributed by atoms with Gasteiger partial charge in [-0.2, -0.15) is 28.6 Å². The number of thioether (sulfide) groups is 2. The van der Waals surface area contributed by atoms with Crippen molar-refractivity contribution in [2.75, 3.05) is 23.8 Å². The Morgan fingerprint density at radius 2 is 2.26 bits per heavy atom. The van der Waals surface area contributed by atoms with Crippen LogP contribution in [0.1, 0.15) is 38.4 Å². The molecule has 3 nitrogen and oxygen atoms in total. The van der Waals surface area contributed by atoms with Gasteiger partial charge in [-0.05, 0) is 18.9 Å². The van der Waals surface area contributed by atoms with Crippen molar-refractivity contribution in [2.45, 2.75) is 44.5 Å². The summed E-state index contributed by atoms with van der Waals surface area (Å²) in [4.78, 5) is 0. The van der Waals surface area contributed by atoms with Gasteiger partial charge in [-0.3, -0.25) is 4.68 Å². The maximum atomic E-state index is 4.68. The molecule has 1 N–H and O–H groups in total. The van der Waals surface area contributed by atoms with Crippen LogP contribution >= 0.6 is 23.5 Å². The van der Waals surface area contributed by atoms with Gasteiger partial charge in [0.1, 0.15) is 0 Å². The van der Waals surface area contributed by atoms with Gasteiger partial charge in [-0.15, -0.1) is 0 Å². The van der Waals surface area contributed by atoms with E-state index in [1.54, 1.807) is 0 Å². The zero-order valence-corrected chi connectivity index (χ0v) is 13.6. The molecule has 2 heterocycles. The summed E-state index contributed by atoms with van der Waals surface area (Å²) < 4.78 is 2.13. The fourth-order valence-corrected chi connectivity index (χ4v) is 5.00. The van der Waals surface area contributed by atoms with Crippen molar-refractivity contribution in [3.05, 3.63) is 18.0 Å². The number of aromatic nitrogens is 2. The Labute approximate surface area is 125 Å². The molecule has 0 aromatic carbocycles. The van der Waals surface area contributed by atoms with Crippen LogP contribution in [0.2, 0.25) is 0 Å². The van der Waals surface area contributed by atoms with Crippen molar-refractivity contribution in [3.8, 4) is 0 Å². The lowest BCUT2D eigenvalue weighted by atomic mass is 10.2. The number of rotatable bonds is 7. The SMILES string of the molecule is CCC(CC)n1ccc(CNCC2CSCCS2)n1. The van der Waals surface area contributed by atoms with Crippen LogP contribution in [0.3, 0.4) is 0 Å². The summed E-state index contributed by atoms with van der Waals surface area (Å²) >= 11 is 4.19. The van der Waals surface area contributed by atoms with E-state index in [-0.39, 0.29) is 0 Å². The van der Waals surface area contributed by atoms with E-state index in [4.69, 9.17) is 0 Å². The Morgan fingerprint density at radius 1 is 1.42 bits per heavy atom. The maximum Gasteiger partial charge on any atom is 0.0762 e. The van der Waals surface area contributed by atoms with Crippen LogP contribution in [-0.4, -0.2) is 38.8 Å². The third-order valence-electron chi connectivity index (χ3n) is 3.54. The third kappa shape index (κ3) is 4.72. The zero-order chi connectivity index (χ0) is 13.5. The van der Waals surface area contributed by atoms with Crippen LogP contribution in [0.15, 0.2) is 12.3 Å². The van der Waals surface area contributed by atoms with Crippen molar-refractivity contribution in [2.24, 2.45) is 0 Å². The fraction of sp³-hybridized carbons (Fsp3) is 0.786. The second kappa shape index (κ2) is 8.22. The summed E-state index contributed by atoms with van der Waals surface area (Å²) in [6.45, 7) is 6.46. The molecule has 0 bridgehead atoms. The van der Waals surface area contributed by atoms with Gasteiger partial charge < -0.3 is 5.32 Å². The van der Waals surface area contributed by atoms with E-state index in [1.165, 1.54) is 23.0 Å². The number of hydrogen-bond acceptors (Lipinski definition) is 4. The number of hydrogen-bond donors (Lipinski definition) is 1. The summed E-state index contributed by atoms with van der Waals surface area (Å²) in [7, 11) is 0. The van der Waals surface area contributed by atoms with Gasteiger partial charge in [0, 0.05) is 41.8 Å². The van der Waals surface area contributed by atoms with Crippen LogP contribution in [0, 0.1) is 0 Å². The first-order valence-electron chi connectivity index (χ1n) is 7.27. The summed E-state index contributed by atoms with van der Waals surface area (Å²) in [6.07, 6.45) is 4.43. The Hall–Kier alpha value is -0.130. The van der Waals surface area contributed by atoms with E-state index in [2.05, 4.69) is 64.7 Å². The molecule has 0 spiro atoms. The number of nitrogens with one attached hydrogen (secondary N) is 1. The van der Waals surface area contributed by atoms with Gasteiger partial charge in [-0.25, -0.2) is 0 Å². The van der Waals surface area contributed by atoms with Gasteiger partial charge in [-0.1, -0.05) is 13.8 Å². The second-order valence-corrected chi connectivity index (χ2v) is 7.51. The van der Waals surface area contributed by atoms with Crippen LogP contribution in [0.25, 0.3) is 0 Å². The Kier molecular flexibility index (Phi) is 6.61.